The van der Waals surface area contributed by atoms with Gasteiger partial charge in [-0.25, -0.2) is 0 Å². The molecule has 0 bridgehead atoms. The fourth-order valence-corrected chi connectivity index (χ4v) is 1.70. The van der Waals surface area contributed by atoms with E-state index in [2.05, 4.69) is 4.98 Å². The highest BCUT2D eigenvalue weighted by Gasteiger charge is 2.33. The number of aliphatic hydroxyl groups excluding tert-OH is 1. The topological polar surface area (TPSA) is 33.1 Å². The largest absolute Gasteiger partial charge is 0.416 e. The van der Waals surface area contributed by atoms with Crippen LogP contribution in [0, 0.1) is 0 Å². The van der Waals surface area contributed by atoms with Crippen molar-refractivity contribution in [2.24, 2.45) is 0 Å². The second-order valence-corrected chi connectivity index (χ2v) is 4.01. The van der Waals surface area contributed by atoms with Gasteiger partial charge in [-0.1, -0.05) is 13.3 Å². The molecular weight excluding hydrogens is 231 g/mol. The number of aromatic nitrogens is 1. The van der Waals surface area contributed by atoms with Crippen molar-refractivity contribution in [1.29, 1.82) is 0 Å². The van der Waals surface area contributed by atoms with Crippen molar-refractivity contribution in [2.75, 3.05) is 0 Å². The molecule has 0 aliphatic rings. The van der Waals surface area contributed by atoms with E-state index in [1.54, 1.807) is 0 Å². The number of aryl methyl sites for hydroxylation is 1. The molecule has 1 heterocycles. The van der Waals surface area contributed by atoms with E-state index in [-0.39, 0.29) is 12.0 Å². The Bertz CT molecular complexity index is 352. The lowest BCUT2D eigenvalue weighted by Gasteiger charge is -2.13. The van der Waals surface area contributed by atoms with Crippen LogP contribution in [0.1, 0.15) is 37.3 Å². The molecule has 1 unspecified atom stereocenters. The minimum Gasteiger partial charge on any atom is -0.393 e. The average molecular weight is 247 g/mol. The molecule has 0 radical (unpaired) electrons. The van der Waals surface area contributed by atoms with Gasteiger partial charge in [0.1, 0.15) is 0 Å². The number of hydrogen-bond donors (Lipinski definition) is 1. The lowest BCUT2D eigenvalue weighted by Crippen LogP contribution is -2.12. The van der Waals surface area contributed by atoms with Gasteiger partial charge >= 0.3 is 6.18 Å². The van der Waals surface area contributed by atoms with Gasteiger partial charge in [0.15, 0.2) is 0 Å². The van der Waals surface area contributed by atoms with Crippen molar-refractivity contribution in [3.8, 4) is 0 Å². The molecule has 0 aliphatic carbocycles. The van der Waals surface area contributed by atoms with Gasteiger partial charge in [-0.3, -0.25) is 4.98 Å². The van der Waals surface area contributed by atoms with E-state index < -0.39 is 17.8 Å². The van der Waals surface area contributed by atoms with Crippen molar-refractivity contribution in [3.63, 3.8) is 0 Å². The van der Waals surface area contributed by atoms with Crippen molar-refractivity contribution >= 4 is 0 Å². The third-order valence-corrected chi connectivity index (χ3v) is 2.58. The summed E-state index contributed by atoms with van der Waals surface area (Å²) in [6.45, 7) is 1.93. The summed E-state index contributed by atoms with van der Waals surface area (Å²) in [4.78, 5) is 3.70. The summed E-state index contributed by atoms with van der Waals surface area (Å²) in [6.07, 6.45) is -0.570. The van der Waals surface area contributed by atoms with Gasteiger partial charge < -0.3 is 5.11 Å². The quantitative estimate of drug-likeness (QED) is 0.866. The monoisotopic (exact) mass is 247 g/mol. The number of aliphatic hydroxyl groups is 1. The zero-order valence-corrected chi connectivity index (χ0v) is 9.67. The van der Waals surface area contributed by atoms with Gasteiger partial charge in [-0.2, -0.15) is 13.2 Å². The molecule has 96 valence electrons. The standard InChI is InChI=1S/C12H16F3NO/c1-2-3-10(17)5-4-9-8-16-7-6-11(9)12(13,14)15/h6-8,10,17H,2-5H2,1H3. The molecule has 1 N–H and O–H groups in total. The van der Waals surface area contributed by atoms with Crippen LogP contribution in [-0.4, -0.2) is 16.2 Å². The van der Waals surface area contributed by atoms with Crippen LogP contribution in [0.25, 0.3) is 0 Å². The lowest BCUT2D eigenvalue weighted by molar-refractivity contribution is -0.138. The van der Waals surface area contributed by atoms with E-state index in [1.165, 1.54) is 6.20 Å². The number of nitrogens with zero attached hydrogens (tertiary/aromatic N) is 1. The second kappa shape index (κ2) is 6.00. The first-order chi connectivity index (χ1) is 7.95. The Morgan fingerprint density at radius 1 is 1.35 bits per heavy atom. The molecule has 0 fully saturated rings. The Morgan fingerprint density at radius 3 is 2.65 bits per heavy atom. The molecule has 1 rings (SSSR count). The zero-order valence-electron chi connectivity index (χ0n) is 9.67. The summed E-state index contributed by atoms with van der Waals surface area (Å²) in [7, 11) is 0. The van der Waals surface area contributed by atoms with Crippen LogP contribution in [0.5, 0.6) is 0 Å². The Labute approximate surface area is 98.5 Å². The van der Waals surface area contributed by atoms with Gasteiger partial charge in [-0.05, 0) is 30.9 Å². The van der Waals surface area contributed by atoms with Crippen molar-refractivity contribution in [3.05, 3.63) is 29.6 Å². The maximum atomic E-state index is 12.6. The van der Waals surface area contributed by atoms with Crippen LogP contribution in [-0.2, 0) is 12.6 Å². The number of halogens is 3. The van der Waals surface area contributed by atoms with Crippen molar-refractivity contribution in [1.82, 2.24) is 4.98 Å². The molecular formula is C12H16F3NO. The normalized spacial score (nSPS) is 13.7. The molecule has 0 saturated heterocycles. The fraction of sp³-hybridized carbons (Fsp3) is 0.583. The molecule has 5 heteroatoms. The Hall–Kier alpha value is -1.10. The highest BCUT2D eigenvalue weighted by atomic mass is 19.4. The smallest absolute Gasteiger partial charge is 0.393 e. The summed E-state index contributed by atoms with van der Waals surface area (Å²) in [6, 6.07) is 0.974. The van der Waals surface area contributed by atoms with Crippen LogP contribution in [0.15, 0.2) is 18.5 Å². The number of rotatable bonds is 5. The van der Waals surface area contributed by atoms with E-state index in [9.17, 15) is 18.3 Å². The molecule has 1 atom stereocenters. The van der Waals surface area contributed by atoms with E-state index >= 15 is 0 Å². The molecule has 0 amide bonds. The maximum absolute atomic E-state index is 12.6. The summed E-state index contributed by atoms with van der Waals surface area (Å²) >= 11 is 0. The van der Waals surface area contributed by atoms with Crippen LogP contribution < -0.4 is 0 Å². The Balaban J connectivity index is 2.71. The predicted octanol–water partition coefficient (Wildman–Crippen LogP) is 3.19. The first-order valence-corrected chi connectivity index (χ1v) is 5.63. The number of hydrogen-bond acceptors (Lipinski definition) is 2. The summed E-state index contributed by atoms with van der Waals surface area (Å²) in [5.41, 5.74) is -0.508. The van der Waals surface area contributed by atoms with Crippen molar-refractivity contribution in [2.45, 2.75) is 44.9 Å². The zero-order chi connectivity index (χ0) is 12.9. The molecule has 1 aromatic heterocycles. The van der Waals surface area contributed by atoms with Crippen LogP contribution in [0.3, 0.4) is 0 Å². The molecule has 0 spiro atoms. The van der Waals surface area contributed by atoms with Crippen molar-refractivity contribution < 1.29 is 18.3 Å². The van der Waals surface area contributed by atoms with Crippen LogP contribution in [0.2, 0.25) is 0 Å². The highest BCUT2D eigenvalue weighted by Crippen LogP contribution is 2.32. The summed E-state index contributed by atoms with van der Waals surface area (Å²) < 4.78 is 37.9. The maximum Gasteiger partial charge on any atom is 0.416 e. The Kier molecular flexibility index (Phi) is 4.93. The molecule has 1 aromatic rings. The van der Waals surface area contributed by atoms with E-state index in [0.717, 1.165) is 18.7 Å². The van der Waals surface area contributed by atoms with E-state index in [0.29, 0.717) is 12.8 Å². The van der Waals surface area contributed by atoms with Gasteiger partial charge in [0.05, 0.1) is 11.7 Å². The second-order valence-electron chi connectivity index (χ2n) is 4.01. The van der Waals surface area contributed by atoms with E-state index in [4.69, 9.17) is 0 Å². The van der Waals surface area contributed by atoms with Gasteiger partial charge in [0, 0.05) is 12.4 Å². The number of pyridine rings is 1. The molecule has 17 heavy (non-hydrogen) atoms. The first kappa shape index (κ1) is 14.0. The molecule has 0 aromatic carbocycles. The lowest BCUT2D eigenvalue weighted by atomic mass is 10.0. The third-order valence-electron chi connectivity index (χ3n) is 2.58. The highest BCUT2D eigenvalue weighted by molar-refractivity contribution is 5.26. The van der Waals surface area contributed by atoms with Gasteiger partial charge in [0.2, 0.25) is 0 Å². The predicted molar refractivity (Wildman–Crippen MR) is 58.5 cm³/mol. The van der Waals surface area contributed by atoms with Crippen LogP contribution >= 0.6 is 0 Å². The summed E-state index contributed by atoms with van der Waals surface area (Å²) in [5, 5.41) is 9.50. The number of alkyl halides is 3. The average Bonchev–Trinajstić information content (AvgIpc) is 2.26. The summed E-state index contributed by atoms with van der Waals surface area (Å²) in [5.74, 6) is 0. The first-order valence-electron chi connectivity index (χ1n) is 5.63. The van der Waals surface area contributed by atoms with E-state index in [1.807, 2.05) is 6.92 Å². The fourth-order valence-electron chi connectivity index (χ4n) is 1.70. The minimum atomic E-state index is -4.35. The molecule has 2 nitrogen and oxygen atoms in total. The molecule has 0 aliphatic heterocycles. The molecule has 0 saturated carbocycles. The van der Waals surface area contributed by atoms with Gasteiger partial charge in [0.25, 0.3) is 0 Å². The minimum absolute atomic E-state index is 0.148. The van der Waals surface area contributed by atoms with Crippen LogP contribution in [0.4, 0.5) is 13.2 Å². The van der Waals surface area contributed by atoms with Gasteiger partial charge in [-0.15, -0.1) is 0 Å². The SMILES string of the molecule is CCCC(O)CCc1cnccc1C(F)(F)F. The Morgan fingerprint density at radius 2 is 2.06 bits per heavy atom. The third kappa shape index (κ3) is 4.34.